The molecule has 7 nitrogen and oxygen atoms in total. The minimum absolute atomic E-state index is 0.143. The molecule has 0 unspecified atom stereocenters. The van der Waals surface area contributed by atoms with Crippen molar-refractivity contribution >= 4 is 12.1 Å². The summed E-state index contributed by atoms with van der Waals surface area (Å²) in [5.74, 6) is 2.17. The number of hydrazone groups is 1. The van der Waals surface area contributed by atoms with Gasteiger partial charge in [0.2, 0.25) is 0 Å². The number of furan rings is 2. The molecule has 1 N–H and O–H groups in total. The van der Waals surface area contributed by atoms with Crippen LogP contribution >= 0.6 is 0 Å². The topological polar surface area (TPSA) is 81.9 Å². The Morgan fingerprint density at radius 1 is 0.889 bits per heavy atom. The van der Waals surface area contributed by atoms with E-state index in [4.69, 9.17) is 13.6 Å². The summed E-state index contributed by atoms with van der Waals surface area (Å²) in [7, 11) is 0. The number of carbonyl (C=O) groups is 1. The number of aromatic nitrogens is 1. The van der Waals surface area contributed by atoms with Gasteiger partial charge in [0.05, 0.1) is 6.21 Å². The standard InChI is InChI=1S/C29H25N3O4/c1-20-8-9-21(2)32(20)23-10-12-24(13-11-23)34-19-26-15-17-28(36-26)29(33)31-30-18-25-14-16-27(35-25)22-6-4-3-5-7-22/h3-18H,19H2,1-2H3,(H,31,33)/b30-18+. The molecule has 0 atom stereocenters. The molecule has 1 amide bonds. The van der Waals surface area contributed by atoms with Crippen molar-refractivity contribution in [3.05, 3.63) is 120 Å². The molecule has 5 aromatic rings. The minimum Gasteiger partial charge on any atom is -0.486 e. The maximum Gasteiger partial charge on any atom is 0.307 e. The number of rotatable bonds is 8. The number of ether oxygens (including phenoxy) is 1. The van der Waals surface area contributed by atoms with Crippen LogP contribution in [0.3, 0.4) is 0 Å². The smallest absolute Gasteiger partial charge is 0.307 e. The highest BCUT2D eigenvalue weighted by Crippen LogP contribution is 2.22. The summed E-state index contributed by atoms with van der Waals surface area (Å²) in [6.45, 7) is 4.35. The van der Waals surface area contributed by atoms with E-state index in [0.29, 0.717) is 17.3 Å². The van der Waals surface area contributed by atoms with Crippen LogP contribution in [0.4, 0.5) is 0 Å². The van der Waals surface area contributed by atoms with Crippen molar-refractivity contribution in [1.82, 2.24) is 9.99 Å². The number of aryl methyl sites for hydroxylation is 2. The number of nitrogens with zero attached hydrogens (tertiary/aromatic N) is 2. The van der Waals surface area contributed by atoms with E-state index in [2.05, 4.69) is 41.1 Å². The van der Waals surface area contributed by atoms with Crippen LogP contribution in [0.2, 0.25) is 0 Å². The van der Waals surface area contributed by atoms with Crippen LogP contribution in [-0.4, -0.2) is 16.7 Å². The van der Waals surface area contributed by atoms with E-state index in [-0.39, 0.29) is 12.4 Å². The number of nitrogens with one attached hydrogen (secondary N) is 1. The molecular formula is C29H25N3O4. The zero-order chi connectivity index (χ0) is 24.9. The van der Waals surface area contributed by atoms with Gasteiger partial charge in [-0.3, -0.25) is 4.79 Å². The van der Waals surface area contributed by atoms with Crippen molar-refractivity contribution < 1.29 is 18.4 Å². The summed E-state index contributed by atoms with van der Waals surface area (Å²) < 4.78 is 19.3. The van der Waals surface area contributed by atoms with Crippen LogP contribution in [0.25, 0.3) is 17.0 Å². The Kier molecular flexibility index (Phi) is 6.53. The average molecular weight is 480 g/mol. The van der Waals surface area contributed by atoms with Crippen molar-refractivity contribution in [2.24, 2.45) is 5.10 Å². The third kappa shape index (κ3) is 5.15. The Hall–Kier alpha value is -4.78. The van der Waals surface area contributed by atoms with Crippen molar-refractivity contribution in [3.8, 4) is 22.8 Å². The van der Waals surface area contributed by atoms with Gasteiger partial charge in [0, 0.05) is 22.6 Å². The van der Waals surface area contributed by atoms with E-state index in [1.54, 1.807) is 18.2 Å². The second-order valence-corrected chi connectivity index (χ2v) is 8.27. The highest BCUT2D eigenvalue weighted by Gasteiger charge is 2.11. The van der Waals surface area contributed by atoms with E-state index in [0.717, 1.165) is 17.0 Å². The van der Waals surface area contributed by atoms with Gasteiger partial charge in [-0.1, -0.05) is 30.3 Å². The number of amides is 1. The van der Waals surface area contributed by atoms with Crippen LogP contribution in [0.5, 0.6) is 5.75 Å². The van der Waals surface area contributed by atoms with Gasteiger partial charge < -0.3 is 18.1 Å². The van der Waals surface area contributed by atoms with Gasteiger partial charge in [-0.15, -0.1) is 0 Å². The van der Waals surface area contributed by atoms with Crippen molar-refractivity contribution in [2.75, 3.05) is 0 Å². The first-order valence-electron chi connectivity index (χ1n) is 11.5. The highest BCUT2D eigenvalue weighted by atomic mass is 16.5. The molecule has 0 saturated heterocycles. The summed E-state index contributed by atoms with van der Waals surface area (Å²) >= 11 is 0. The fraction of sp³-hybridized carbons (Fsp3) is 0.103. The van der Waals surface area contributed by atoms with Crippen LogP contribution in [0.15, 0.2) is 105 Å². The zero-order valence-corrected chi connectivity index (χ0v) is 20.0. The molecule has 3 heterocycles. The molecule has 2 aromatic carbocycles. The first-order chi connectivity index (χ1) is 17.6. The minimum atomic E-state index is -0.464. The molecule has 0 saturated carbocycles. The molecule has 0 aliphatic rings. The quantitative estimate of drug-likeness (QED) is 0.209. The van der Waals surface area contributed by atoms with Gasteiger partial charge in [-0.05, 0) is 74.5 Å². The van der Waals surface area contributed by atoms with Crippen molar-refractivity contribution in [3.63, 3.8) is 0 Å². The Labute approximate surface area is 208 Å². The molecule has 3 aromatic heterocycles. The first-order valence-corrected chi connectivity index (χ1v) is 11.5. The average Bonchev–Trinajstić information content (AvgIpc) is 3.64. The van der Waals surface area contributed by atoms with Gasteiger partial charge in [0.1, 0.15) is 29.6 Å². The highest BCUT2D eigenvalue weighted by molar-refractivity contribution is 5.92. The number of benzene rings is 2. The van der Waals surface area contributed by atoms with E-state index < -0.39 is 5.91 Å². The Balaban J connectivity index is 1.13. The summed E-state index contributed by atoms with van der Waals surface area (Å²) in [6, 6.07) is 28.7. The lowest BCUT2D eigenvalue weighted by molar-refractivity contribution is 0.0923. The second kappa shape index (κ2) is 10.2. The van der Waals surface area contributed by atoms with E-state index in [1.165, 1.54) is 17.6 Å². The Bertz CT molecular complexity index is 1470. The monoisotopic (exact) mass is 479 g/mol. The molecule has 0 aliphatic carbocycles. The molecule has 0 spiro atoms. The molecule has 5 rings (SSSR count). The number of hydrogen-bond acceptors (Lipinski definition) is 5. The SMILES string of the molecule is Cc1ccc(C)n1-c1ccc(OCc2ccc(C(=O)N/N=C/c3ccc(-c4ccccc4)o3)o2)cc1. The summed E-state index contributed by atoms with van der Waals surface area (Å²) in [5.41, 5.74) is 6.83. The summed E-state index contributed by atoms with van der Waals surface area (Å²) in [4.78, 5) is 12.4. The fourth-order valence-electron chi connectivity index (χ4n) is 3.89. The van der Waals surface area contributed by atoms with Gasteiger partial charge >= 0.3 is 5.91 Å². The molecule has 7 heteroatoms. The molecule has 0 aliphatic heterocycles. The van der Waals surface area contributed by atoms with E-state index >= 15 is 0 Å². The third-order valence-corrected chi connectivity index (χ3v) is 5.68. The van der Waals surface area contributed by atoms with Crippen molar-refractivity contribution in [1.29, 1.82) is 0 Å². The molecule has 0 bridgehead atoms. The fourth-order valence-corrected chi connectivity index (χ4v) is 3.89. The lowest BCUT2D eigenvalue weighted by Crippen LogP contribution is -2.16. The molecule has 0 radical (unpaired) electrons. The summed E-state index contributed by atoms with van der Waals surface area (Å²) in [6.07, 6.45) is 1.44. The molecule has 36 heavy (non-hydrogen) atoms. The largest absolute Gasteiger partial charge is 0.486 e. The maximum absolute atomic E-state index is 12.4. The Morgan fingerprint density at radius 2 is 1.64 bits per heavy atom. The van der Waals surface area contributed by atoms with Crippen LogP contribution in [0, 0.1) is 13.8 Å². The maximum atomic E-state index is 12.4. The van der Waals surface area contributed by atoms with Gasteiger partial charge in [-0.25, -0.2) is 5.43 Å². The van der Waals surface area contributed by atoms with Crippen LogP contribution < -0.4 is 10.2 Å². The molecular weight excluding hydrogens is 454 g/mol. The lowest BCUT2D eigenvalue weighted by atomic mass is 10.2. The van der Waals surface area contributed by atoms with Gasteiger partial charge in [0.15, 0.2) is 5.76 Å². The Morgan fingerprint density at radius 3 is 2.39 bits per heavy atom. The van der Waals surface area contributed by atoms with E-state index in [9.17, 15) is 4.79 Å². The second-order valence-electron chi connectivity index (χ2n) is 8.27. The van der Waals surface area contributed by atoms with Crippen molar-refractivity contribution in [2.45, 2.75) is 20.5 Å². The molecule has 180 valence electrons. The van der Waals surface area contributed by atoms with E-state index in [1.807, 2.05) is 60.7 Å². The predicted octanol–water partition coefficient (Wildman–Crippen LogP) is 6.29. The van der Waals surface area contributed by atoms with Gasteiger partial charge in [0.25, 0.3) is 0 Å². The number of carbonyl (C=O) groups excluding carboxylic acids is 1. The van der Waals surface area contributed by atoms with Gasteiger partial charge in [-0.2, -0.15) is 5.10 Å². The lowest BCUT2D eigenvalue weighted by Gasteiger charge is -2.10. The molecule has 0 fully saturated rings. The van der Waals surface area contributed by atoms with Crippen LogP contribution in [0.1, 0.15) is 33.5 Å². The zero-order valence-electron chi connectivity index (χ0n) is 20.0. The van der Waals surface area contributed by atoms with Crippen LogP contribution in [-0.2, 0) is 6.61 Å². The number of hydrogen-bond donors (Lipinski definition) is 1. The summed E-state index contributed by atoms with van der Waals surface area (Å²) in [5, 5.41) is 3.96. The predicted molar refractivity (Wildman–Crippen MR) is 137 cm³/mol. The normalized spacial score (nSPS) is 11.2. The third-order valence-electron chi connectivity index (χ3n) is 5.68. The first kappa shape index (κ1) is 23.0.